The van der Waals surface area contributed by atoms with Crippen molar-refractivity contribution >= 4 is 30.7 Å². The minimum absolute atomic E-state index is 0. The number of hydrogen-bond acceptors (Lipinski definition) is 5. The van der Waals surface area contributed by atoms with Crippen LogP contribution in [0.4, 0.5) is 0 Å². The largest absolute Gasteiger partial charge is 0.339 e. The number of piperazine rings is 1. The van der Waals surface area contributed by atoms with E-state index in [0.29, 0.717) is 6.54 Å². The lowest BCUT2D eigenvalue weighted by Gasteiger charge is -2.29. The average Bonchev–Trinajstić information content (AvgIpc) is 2.90. The van der Waals surface area contributed by atoms with Crippen LogP contribution in [0.3, 0.4) is 0 Å². The number of carbonyl (C=O) groups excluding carboxylic acids is 1. The summed E-state index contributed by atoms with van der Waals surface area (Å²) >= 11 is 0. The molecule has 1 aliphatic heterocycles. The Hall–Kier alpha value is -0.890. The minimum Gasteiger partial charge on any atom is -0.339 e. The highest BCUT2D eigenvalue weighted by Crippen LogP contribution is 1.96. The highest BCUT2D eigenvalue weighted by atomic mass is 35.5. The van der Waals surface area contributed by atoms with Gasteiger partial charge in [-0.15, -0.1) is 24.8 Å². The number of halogens is 2. The average molecular weight is 325 g/mol. The predicted molar refractivity (Wildman–Crippen MR) is 81.5 cm³/mol. The minimum atomic E-state index is 0. The smallest absolute Gasteiger partial charge is 0.236 e. The summed E-state index contributed by atoms with van der Waals surface area (Å²) in [6, 6.07) is 0. The standard InChI is InChI=1S/C11H20N6O.2ClH/c1-15(6-7-17-10-13-9-14-17)8-11(18)16-4-2-12-3-5-16;;/h9-10,12H,2-8H2,1H3;2*1H. The summed E-state index contributed by atoms with van der Waals surface area (Å²) in [5, 5.41) is 7.27. The molecule has 1 aromatic rings. The van der Waals surface area contributed by atoms with Crippen LogP contribution < -0.4 is 5.32 Å². The Balaban J connectivity index is 0.00000180. The molecule has 0 aromatic carbocycles. The third-order valence-electron chi connectivity index (χ3n) is 3.05. The molecule has 1 amide bonds. The van der Waals surface area contributed by atoms with Gasteiger partial charge in [-0.25, -0.2) is 4.98 Å². The van der Waals surface area contributed by atoms with Gasteiger partial charge in [-0.2, -0.15) is 5.10 Å². The molecule has 0 radical (unpaired) electrons. The van der Waals surface area contributed by atoms with Crippen molar-refractivity contribution in [3.63, 3.8) is 0 Å². The van der Waals surface area contributed by atoms with Crippen molar-refractivity contribution in [1.82, 2.24) is 29.9 Å². The van der Waals surface area contributed by atoms with Crippen LogP contribution in [-0.2, 0) is 11.3 Å². The fourth-order valence-electron chi connectivity index (χ4n) is 1.95. The van der Waals surface area contributed by atoms with E-state index in [0.717, 1.165) is 39.3 Å². The zero-order chi connectivity index (χ0) is 12.8. The molecule has 116 valence electrons. The van der Waals surface area contributed by atoms with E-state index in [9.17, 15) is 4.79 Å². The van der Waals surface area contributed by atoms with Gasteiger partial charge in [0.15, 0.2) is 0 Å². The molecule has 0 spiro atoms. The Morgan fingerprint density at radius 1 is 1.35 bits per heavy atom. The fraction of sp³-hybridized carbons (Fsp3) is 0.727. The van der Waals surface area contributed by atoms with Gasteiger partial charge in [0, 0.05) is 32.7 Å². The van der Waals surface area contributed by atoms with E-state index in [4.69, 9.17) is 0 Å². The number of carbonyl (C=O) groups is 1. The third-order valence-corrected chi connectivity index (χ3v) is 3.05. The highest BCUT2D eigenvalue weighted by Gasteiger charge is 2.17. The summed E-state index contributed by atoms with van der Waals surface area (Å²) in [7, 11) is 1.96. The van der Waals surface area contributed by atoms with Gasteiger partial charge in [0.1, 0.15) is 12.7 Å². The summed E-state index contributed by atoms with van der Waals surface area (Å²) in [5.41, 5.74) is 0. The second-order valence-corrected chi connectivity index (χ2v) is 4.53. The molecule has 1 aliphatic rings. The van der Waals surface area contributed by atoms with Crippen molar-refractivity contribution in [3.8, 4) is 0 Å². The van der Waals surface area contributed by atoms with Crippen molar-refractivity contribution in [1.29, 1.82) is 0 Å². The van der Waals surface area contributed by atoms with Gasteiger partial charge < -0.3 is 10.2 Å². The van der Waals surface area contributed by atoms with Crippen molar-refractivity contribution in [2.45, 2.75) is 6.54 Å². The first-order valence-corrected chi connectivity index (χ1v) is 6.25. The van der Waals surface area contributed by atoms with Gasteiger partial charge in [0.25, 0.3) is 0 Å². The first-order valence-electron chi connectivity index (χ1n) is 6.25. The van der Waals surface area contributed by atoms with Crippen molar-refractivity contribution in [2.75, 3.05) is 46.3 Å². The first-order chi connectivity index (χ1) is 8.75. The Kier molecular flexibility index (Phi) is 9.49. The predicted octanol–water partition coefficient (Wildman–Crippen LogP) is -0.515. The normalized spacial score (nSPS) is 14.6. The van der Waals surface area contributed by atoms with Crippen molar-refractivity contribution in [2.24, 2.45) is 0 Å². The molecule has 9 heteroatoms. The number of nitrogens with zero attached hydrogens (tertiary/aromatic N) is 5. The van der Waals surface area contributed by atoms with Crippen LogP contribution in [0.25, 0.3) is 0 Å². The summed E-state index contributed by atoms with van der Waals surface area (Å²) in [6.07, 6.45) is 3.21. The van der Waals surface area contributed by atoms with E-state index in [2.05, 4.69) is 15.4 Å². The van der Waals surface area contributed by atoms with E-state index in [1.807, 2.05) is 16.8 Å². The molecule has 2 heterocycles. The Bertz CT molecular complexity index is 369. The van der Waals surface area contributed by atoms with E-state index in [1.54, 1.807) is 11.0 Å². The summed E-state index contributed by atoms with van der Waals surface area (Å²) in [6.45, 7) is 5.44. The molecule has 7 nitrogen and oxygen atoms in total. The lowest BCUT2D eigenvalue weighted by atomic mass is 10.3. The second-order valence-electron chi connectivity index (χ2n) is 4.53. The first kappa shape index (κ1) is 19.1. The van der Waals surface area contributed by atoms with Gasteiger partial charge in [0.2, 0.25) is 5.91 Å². The van der Waals surface area contributed by atoms with Crippen LogP contribution in [-0.4, -0.2) is 76.8 Å². The second kappa shape index (κ2) is 9.93. The summed E-state index contributed by atoms with van der Waals surface area (Å²) < 4.78 is 1.77. The van der Waals surface area contributed by atoms with Crippen LogP contribution in [0.2, 0.25) is 0 Å². The molecule has 0 saturated carbocycles. The van der Waals surface area contributed by atoms with Crippen LogP contribution in [0, 0.1) is 0 Å². The molecule has 1 N–H and O–H groups in total. The lowest BCUT2D eigenvalue weighted by molar-refractivity contribution is -0.132. The summed E-state index contributed by atoms with van der Waals surface area (Å²) in [4.78, 5) is 19.8. The zero-order valence-corrected chi connectivity index (χ0v) is 13.2. The van der Waals surface area contributed by atoms with E-state index in [-0.39, 0.29) is 30.7 Å². The highest BCUT2D eigenvalue weighted by molar-refractivity contribution is 5.85. The molecular formula is C11H22Cl2N6O. The Labute approximate surface area is 131 Å². The molecule has 0 unspecified atom stereocenters. The van der Waals surface area contributed by atoms with Gasteiger partial charge >= 0.3 is 0 Å². The maximum absolute atomic E-state index is 12.0. The number of aromatic nitrogens is 3. The van der Waals surface area contributed by atoms with Crippen LogP contribution >= 0.6 is 24.8 Å². The lowest BCUT2D eigenvalue weighted by Crippen LogP contribution is -2.49. The SMILES string of the molecule is CN(CCn1cncn1)CC(=O)N1CCNCC1.Cl.Cl. The molecule has 1 fully saturated rings. The van der Waals surface area contributed by atoms with Crippen molar-refractivity contribution in [3.05, 3.63) is 12.7 Å². The molecule has 1 saturated heterocycles. The van der Waals surface area contributed by atoms with E-state index < -0.39 is 0 Å². The molecule has 0 bridgehead atoms. The fourth-order valence-corrected chi connectivity index (χ4v) is 1.95. The van der Waals surface area contributed by atoms with Crippen LogP contribution in [0.1, 0.15) is 0 Å². The van der Waals surface area contributed by atoms with Crippen LogP contribution in [0.5, 0.6) is 0 Å². The number of hydrogen-bond donors (Lipinski definition) is 1. The number of rotatable bonds is 5. The molecular weight excluding hydrogens is 303 g/mol. The van der Waals surface area contributed by atoms with Gasteiger partial charge in [-0.05, 0) is 7.05 Å². The molecule has 20 heavy (non-hydrogen) atoms. The topological polar surface area (TPSA) is 66.3 Å². The number of amides is 1. The summed E-state index contributed by atoms with van der Waals surface area (Å²) in [5.74, 6) is 0.206. The van der Waals surface area contributed by atoms with Crippen LogP contribution in [0.15, 0.2) is 12.7 Å². The zero-order valence-electron chi connectivity index (χ0n) is 11.6. The Morgan fingerprint density at radius 2 is 2.05 bits per heavy atom. The number of likely N-dealkylation sites (N-methyl/N-ethyl adjacent to an activating group) is 1. The number of nitrogens with one attached hydrogen (secondary N) is 1. The molecule has 0 atom stereocenters. The van der Waals surface area contributed by atoms with Gasteiger partial charge in [-0.3, -0.25) is 14.4 Å². The van der Waals surface area contributed by atoms with E-state index in [1.165, 1.54) is 6.33 Å². The molecule has 2 rings (SSSR count). The monoisotopic (exact) mass is 324 g/mol. The third kappa shape index (κ3) is 6.04. The quantitative estimate of drug-likeness (QED) is 0.790. The van der Waals surface area contributed by atoms with Gasteiger partial charge in [0.05, 0.1) is 13.1 Å². The van der Waals surface area contributed by atoms with Crippen molar-refractivity contribution < 1.29 is 4.79 Å². The van der Waals surface area contributed by atoms with Gasteiger partial charge in [-0.1, -0.05) is 0 Å². The van der Waals surface area contributed by atoms with E-state index >= 15 is 0 Å². The maximum Gasteiger partial charge on any atom is 0.236 e. The molecule has 0 aliphatic carbocycles. The maximum atomic E-state index is 12.0. The molecule has 1 aromatic heterocycles. The Morgan fingerprint density at radius 3 is 2.65 bits per heavy atom.